The first-order chi connectivity index (χ1) is 11.5. The van der Waals surface area contributed by atoms with Crippen molar-refractivity contribution in [3.8, 4) is 0 Å². The van der Waals surface area contributed by atoms with E-state index in [1.807, 2.05) is 0 Å². The zero-order valence-electron chi connectivity index (χ0n) is 12.8. The quantitative estimate of drug-likeness (QED) is 0.390. The van der Waals surface area contributed by atoms with Gasteiger partial charge in [0.1, 0.15) is 0 Å². The van der Waals surface area contributed by atoms with Gasteiger partial charge in [-0.1, -0.05) is 44.0 Å². The maximum atomic E-state index is 13.0. The predicted molar refractivity (Wildman–Crippen MR) is 94.3 cm³/mol. The molecule has 1 heterocycles. The summed E-state index contributed by atoms with van der Waals surface area (Å²) in [6.07, 6.45) is 0.880. The van der Waals surface area contributed by atoms with Crippen LogP contribution >= 0.6 is 31.9 Å². The average Bonchev–Trinajstić information content (AvgIpc) is 3.19. The van der Waals surface area contributed by atoms with E-state index in [1.54, 1.807) is 24.3 Å². The van der Waals surface area contributed by atoms with Crippen LogP contribution in [0.25, 0.3) is 0 Å². The number of esters is 1. The molecular weight excluding hydrogens is 442 g/mol. The van der Waals surface area contributed by atoms with Crippen LogP contribution in [-0.4, -0.2) is 34.5 Å². The Labute approximate surface area is 156 Å². The summed E-state index contributed by atoms with van der Waals surface area (Å²) in [7, 11) is 1.28. The molecule has 3 fully saturated rings. The fourth-order valence-electron chi connectivity index (χ4n) is 4.54. The number of ether oxygens (including phenoxy) is 1. The first-order valence-corrected chi connectivity index (χ1v) is 9.63. The number of alkyl halides is 2. The Kier molecular flexibility index (Phi) is 3.84. The predicted octanol–water partition coefficient (Wildman–Crippen LogP) is 2.76. The molecule has 1 aromatic carbocycles. The molecule has 2 saturated carbocycles. The van der Waals surface area contributed by atoms with E-state index in [1.165, 1.54) is 12.0 Å². The number of amides is 2. The van der Waals surface area contributed by atoms with Gasteiger partial charge in [-0.15, -0.1) is 0 Å². The summed E-state index contributed by atoms with van der Waals surface area (Å²) in [6, 6.07) is 6.60. The standard InChI is InChI=1S/C17H15Br2NO4/c1-24-17(23)7-4-2-3-5-10(7)20-15(21)11-8-6-9(12(11)16(20)22)14(19)13(8)18/h2-5,8-9,11-14H,6H2,1H3/t8-,9-,11-,12+,13+,14+/m1/s1. The molecule has 5 nitrogen and oxygen atoms in total. The number of methoxy groups -OCH3 is 1. The van der Waals surface area contributed by atoms with Crippen LogP contribution in [-0.2, 0) is 14.3 Å². The summed E-state index contributed by atoms with van der Waals surface area (Å²) < 4.78 is 4.79. The lowest BCUT2D eigenvalue weighted by atomic mass is 9.81. The maximum Gasteiger partial charge on any atom is 0.339 e. The van der Waals surface area contributed by atoms with E-state index >= 15 is 0 Å². The summed E-state index contributed by atoms with van der Waals surface area (Å²) in [6.45, 7) is 0. The molecule has 4 rings (SSSR count). The van der Waals surface area contributed by atoms with Crippen LogP contribution < -0.4 is 4.90 Å². The van der Waals surface area contributed by atoms with Crippen LogP contribution in [0, 0.1) is 23.7 Å². The maximum absolute atomic E-state index is 13.0. The zero-order chi connectivity index (χ0) is 17.2. The highest BCUT2D eigenvalue weighted by Gasteiger charge is 2.66. The molecule has 1 saturated heterocycles. The van der Waals surface area contributed by atoms with E-state index in [9.17, 15) is 14.4 Å². The second kappa shape index (κ2) is 5.66. The first-order valence-electron chi connectivity index (χ1n) is 7.80. The number of benzene rings is 1. The number of fused-ring (bicyclic) bond motifs is 5. The van der Waals surface area contributed by atoms with Gasteiger partial charge in [0.15, 0.2) is 0 Å². The second-order valence-electron chi connectivity index (χ2n) is 6.52. The minimum Gasteiger partial charge on any atom is -0.465 e. The van der Waals surface area contributed by atoms with Crippen molar-refractivity contribution >= 4 is 55.3 Å². The minimum atomic E-state index is -0.553. The van der Waals surface area contributed by atoms with Crippen molar-refractivity contribution in [3.63, 3.8) is 0 Å². The van der Waals surface area contributed by atoms with E-state index in [2.05, 4.69) is 31.9 Å². The molecule has 0 spiro atoms. The van der Waals surface area contributed by atoms with E-state index in [-0.39, 0.29) is 50.7 Å². The lowest BCUT2D eigenvalue weighted by Crippen LogP contribution is -2.37. The fourth-order valence-corrected chi connectivity index (χ4v) is 6.41. The van der Waals surface area contributed by atoms with Crippen molar-refractivity contribution in [2.45, 2.75) is 16.1 Å². The number of hydrogen-bond acceptors (Lipinski definition) is 4. The van der Waals surface area contributed by atoms with Gasteiger partial charge in [0.25, 0.3) is 0 Å². The van der Waals surface area contributed by atoms with E-state index < -0.39 is 5.97 Å². The Morgan fingerprint density at radius 1 is 1.08 bits per heavy atom. The average molecular weight is 457 g/mol. The number of hydrogen-bond donors (Lipinski definition) is 0. The monoisotopic (exact) mass is 455 g/mol. The van der Waals surface area contributed by atoms with Crippen LogP contribution in [0.2, 0.25) is 0 Å². The van der Waals surface area contributed by atoms with Crippen LogP contribution in [0.15, 0.2) is 24.3 Å². The molecular formula is C17H15Br2NO4. The van der Waals surface area contributed by atoms with Crippen molar-refractivity contribution in [1.82, 2.24) is 0 Å². The number of halogens is 2. The molecule has 0 unspecified atom stereocenters. The second-order valence-corrected chi connectivity index (χ2v) is 8.64. The van der Waals surface area contributed by atoms with Gasteiger partial charge in [0.2, 0.25) is 11.8 Å². The smallest absolute Gasteiger partial charge is 0.339 e. The largest absolute Gasteiger partial charge is 0.465 e. The Morgan fingerprint density at radius 3 is 2.17 bits per heavy atom. The topological polar surface area (TPSA) is 63.7 Å². The molecule has 2 amide bonds. The van der Waals surface area contributed by atoms with Crippen LogP contribution in [0.3, 0.4) is 0 Å². The summed E-state index contributed by atoms with van der Waals surface area (Å²) in [5.41, 5.74) is 0.560. The van der Waals surface area contributed by atoms with Gasteiger partial charge in [-0.25, -0.2) is 9.69 Å². The highest BCUT2D eigenvalue weighted by atomic mass is 79.9. The van der Waals surface area contributed by atoms with E-state index in [0.717, 1.165) is 6.42 Å². The van der Waals surface area contributed by atoms with Gasteiger partial charge < -0.3 is 4.74 Å². The van der Waals surface area contributed by atoms with Crippen molar-refractivity contribution in [1.29, 1.82) is 0 Å². The lowest BCUT2D eigenvalue weighted by Gasteiger charge is -2.28. The molecule has 126 valence electrons. The van der Waals surface area contributed by atoms with Crippen LogP contribution in [0.1, 0.15) is 16.8 Å². The molecule has 24 heavy (non-hydrogen) atoms. The van der Waals surface area contributed by atoms with Gasteiger partial charge in [-0.05, 0) is 30.4 Å². The third-order valence-corrected chi connectivity index (χ3v) is 8.74. The SMILES string of the molecule is COC(=O)c1ccccc1N1C(=O)[C@@H]2[C@H]3C[C@@H]([C@H](Br)[C@H]3Br)[C@@H]2C1=O. The molecule has 1 aromatic rings. The third kappa shape index (κ3) is 2.00. The van der Waals surface area contributed by atoms with Gasteiger partial charge >= 0.3 is 5.97 Å². The minimum absolute atomic E-state index is 0.149. The summed E-state index contributed by atoms with van der Waals surface area (Å²) >= 11 is 7.33. The van der Waals surface area contributed by atoms with Crippen LogP contribution in [0.4, 0.5) is 5.69 Å². The molecule has 0 N–H and O–H groups in total. The van der Waals surface area contributed by atoms with Crippen molar-refractivity contribution < 1.29 is 19.1 Å². The van der Waals surface area contributed by atoms with Crippen molar-refractivity contribution in [3.05, 3.63) is 29.8 Å². The number of para-hydroxylation sites is 1. The summed E-state index contributed by atoms with van der Waals surface area (Å²) in [4.78, 5) is 39.6. The van der Waals surface area contributed by atoms with E-state index in [0.29, 0.717) is 5.69 Å². The number of imide groups is 1. The number of anilines is 1. The normalized spacial score (nSPS) is 37.0. The Bertz CT molecular complexity index is 720. The third-order valence-electron chi connectivity index (χ3n) is 5.54. The number of rotatable bonds is 2. The molecule has 1 aliphatic heterocycles. The van der Waals surface area contributed by atoms with Crippen LogP contribution in [0.5, 0.6) is 0 Å². The molecule has 6 atom stereocenters. The highest BCUT2D eigenvalue weighted by molar-refractivity contribution is 9.12. The molecule has 0 aromatic heterocycles. The van der Waals surface area contributed by atoms with E-state index in [4.69, 9.17) is 4.74 Å². The highest BCUT2D eigenvalue weighted by Crippen LogP contribution is 2.60. The Hall–Kier alpha value is -1.21. The van der Waals surface area contributed by atoms with Gasteiger partial charge in [0, 0.05) is 9.65 Å². The number of carbonyl (C=O) groups is 3. The number of carbonyl (C=O) groups excluding carboxylic acids is 3. The van der Waals surface area contributed by atoms with Crippen molar-refractivity contribution in [2.24, 2.45) is 23.7 Å². The Balaban J connectivity index is 1.76. The van der Waals surface area contributed by atoms with Gasteiger partial charge in [0.05, 0.1) is 30.2 Å². The lowest BCUT2D eigenvalue weighted by molar-refractivity contribution is -0.123. The number of nitrogens with zero attached hydrogens (tertiary/aromatic N) is 1. The molecule has 2 aliphatic carbocycles. The van der Waals surface area contributed by atoms with Gasteiger partial charge in [-0.3, -0.25) is 9.59 Å². The zero-order valence-corrected chi connectivity index (χ0v) is 16.0. The fraction of sp³-hybridized carbons (Fsp3) is 0.471. The Morgan fingerprint density at radius 2 is 1.62 bits per heavy atom. The summed E-state index contributed by atoms with van der Waals surface area (Å²) in [5, 5.41) is 0. The van der Waals surface area contributed by atoms with Gasteiger partial charge in [-0.2, -0.15) is 0 Å². The summed E-state index contributed by atoms with van der Waals surface area (Å²) in [5.74, 6) is -1.25. The molecule has 2 bridgehead atoms. The van der Waals surface area contributed by atoms with Crippen molar-refractivity contribution in [2.75, 3.05) is 12.0 Å². The molecule has 3 aliphatic rings. The molecule has 0 radical (unpaired) electrons. The molecule has 7 heteroatoms. The first kappa shape index (κ1) is 16.3.